The molecule has 5 aromatic rings. The van der Waals surface area contributed by atoms with E-state index in [4.69, 9.17) is 5.10 Å². The van der Waals surface area contributed by atoms with E-state index >= 15 is 0 Å². The maximum Gasteiger partial charge on any atom is 0.177 e. The van der Waals surface area contributed by atoms with Crippen molar-refractivity contribution in [1.29, 1.82) is 0 Å². The van der Waals surface area contributed by atoms with Crippen molar-refractivity contribution < 1.29 is 0 Å². The minimum Gasteiger partial charge on any atom is -0.256 e. The number of aryl methyl sites for hydroxylation is 1. The Morgan fingerprint density at radius 3 is 2.78 bits per heavy atom. The summed E-state index contributed by atoms with van der Waals surface area (Å²) in [4.78, 5) is 4.38. The molecular weight excluding hydrogens is 334 g/mol. The second-order valence-electron chi connectivity index (χ2n) is 6.68. The molecule has 0 saturated heterocycles. The predicted molar refractivity (Wildman–Crippen MR) is 106 cm³/mol. The standard InChI is InChI=1S/C22H17N5/c1-15-4-2-5-17(12-15)20-9-10-21-24-25-22(27(21)26-20)14-16-7-8-19-18(13-16)6-3-11-23-19/h2-13H,14H2,1H3. The lowest BCUT2D eigenvalue weighted by atomic mass is 10.1. The predicted octanol–water partition coefficient (Wildman–Crippen LogP) is 4.24. The van der Waals surface area contributed by atoms with Crippen LogP contribution in [-0.2, 0) is 6.42 Å². The summed E-state index contributed by atoms with van der Waals surface area (Å²) < 4.78 is 1.84. The second-order valence-corrected chi connectivity index (χ2v) is 6.68. The first-order valence-electron chi connectivity index (χ1n) is 8.88. The molecule has 0 radical (unpaired) electrons. The van der Waals surface area contributed by atoms with Crippen LogP contribution in [0.4, 0.5) is 0 Å². The number of hydrogen-bond acceptors (Lipinski definition) is 4. The third-order valence-corrected chi connectivity index (χ3v) is 4.67. The van der Waals surface area contributed by atoms with E-state index in [0.717, 1.165) is 39.2 Å². The molecule has 0 unspecified atom stereocenters. The van der Waals surface area contributed by atoms with Gasteiger partial charge in [-0.05, 0) is 48.9 Å². The summed E-state index contributed by atoms with van der Waals surface area (Å²) in [5, 5.41) is 14.5. The van der Waals surface area contributed by atoms with Gasteiger partial charge in [0.25, 0.3) is 0 Å². The first kappa shape index (κ1) is 15.6. The SMILES string of the molecule is Cc1cccc(-c2ccc3nnc(Cc4ccc5ncccc5c4)n3n2)c1. The molecule has 3 heterocycles. The van der Waals surface area contributed by atoms with Crippen LogP contribution in [-0.4, -0.2) is 24.8 Å². The van der Waals surface area contributed by atoms with E-state index in [1.54, 1.807) is 0 Å². The van der Waals surface area contributed by atoms with Crippen LogP contribution in [0.3, 0.4) is 0 Å². The molecule has 0 N–H and O–H groups in total. The van der Waals surface area contributed by atoms with Crippen LogP contribution in [0, 0.1) is 6.92 Å². The fourth-order valence-electron chi connectivity index (χ4n) is 3.32. The topological polar surface area (TPSA) is 56.0 Å². The fraction of sp³-hybridized carbons (Fsp3) is 0.0909. The third kappa shape index (κ3) is 2.93. The average Bonchev–Trinajstić information content (AvgIpc) is 3.10. The number of nitrogens with zero attached hydrogens (tertiary/aromatic N) is 5. The lowest BCUT2D eigenvalue weighted by Gasteiger charge is -2.05. The van der Waals surface area contributed by atoms with Crippen LogP contribution in [0.1, 0.15) is 17.0 Å². The van der Waals surface area contributed by atoms with Gasteiger partial charge in [0, 0.05) is 23.6 Å². The molecule has 5 heteroatoms. The molecule has 0 amide bonds. The minimum absolute atomic E-state index is 0.663. The Labute approximate surface area is 156 Å². The van der Waals surface area contributed by atoms with Gasteiger partial charge >= 0.3 is 0 Å². The maximum atomic E-state index is 4.78. The third-order valence-electron chi connectivity index (χ3n) is 4.67. The van der Waals surface area contributed by atoms with Gasteiger partial charge in [0.15, 0.2) is 11.5 Å². The lowest BCUT2D eigenvalue weighted by molar-refractivity contribution is 0.842. The Bertz CT molecular complexity index is 1270. The highest BCUT2D eigenvalue weighted by Gasteiger charge is 2.10. The average molecular weight is 351 g/mol. The second kappa shape index (κ2) is 6.29. The number of aromatic nitrogens is 5. The molecule has 0 saturated carbocycles. The first-order chi connectivity index (χ1) is 13.3. The summed E-state index contributed by atoms with van der Waals surface area (Å²) in [5.74, 6) is 0.822. The molecule has 0 fully saturated rings. The van der Waals surface area contributed by atoms with Crippen LogP contribution in [0.5, 0.6) is 0 Å². The summed E-state index contributed by atoms with van der Waals surface area (Å²) >= 11 is 0. The molecule has 5 nitrogen and oxygen atoms in total. The molecule has 0 spiro atoms. The van der Waals surface area contributed by atoms with Crippen molar-refractivity contribution in [3.63, 3.8) is 0 Å². The van der Waals surface area contributed by atoms with E-state index < -0.39 is 0 Å². The van der Waals surface area contributed by atoms with Crippen molar-refractivity contribution in [2.45, 2.75) is 13.3 Å². The molecule has 0 bridgehead atoms. The fourth-order valence-corrected chi connectivity index (χ4v) is 3.32. The van der Waals surface area contributed by atoms with Crippen LogP contribution < -0.4 is 0 Å². The van der Waals surface area contributed by atoms with Crippen molar-refractivity contribution >= 4 is 16.6 Å². The zero-order valence-electron chi connectivity index (χ0n) is 14.9. The van der Waals surface area contributed by atoms with Gasteiger partial charge in [-0.3, -0.25) is 4.98 Å². The van der Waals surface area contributed by atoms with Gasteiger partial charge < -0.3 is 0 Å². The minimum atomic E-state index is 0.663. The van der Waals surface area contributed by atoms with Crippen molar-refractivity contribution in [3.8, 4) is 11.3 Å². The largest absolute Gasteiger partial charge is 0.256 e. The molecule has 3 aromatic heterocycles. The Morgan fingerprint density at radius 1 is 0.889 bits per heavy atom. The summed E-state index contributed by atoms with van der Waals surface area (Å²) in [5.41, 5.74) is 6.12. The Balaban J connectivity index is 1.55. The summed E-state index contributed by atoms with van der Waals surface area (Å²) in [7, 11) is 0. The number of benzene rings is 2. The smallest absolute Gasteiger partial charge is 0.177 e. The number of rotatable bonds is 3. The van der Waals surface area contributed by atoms with Gasteiger partial charge in [0.05, 0.1) is 11.2 Å². The van der Waals surface area contributed by atoms with Gasteiger partial charge in [0.2, 0.25) is 0 Å². The highest BCUT2D eigenvalue weighted by molar-refractivity contribution is 5.79. The summed E-state index contributed by atoms with van der Waals surface area (Å²) in [6.07, 6.45) is 2.47. The summed E-state index contributed by atoms with van der Waals surface area (Å²) in [6.45, 7) is 2.08. The quantitative estimate of drug-likeness (QED) is 0.488. The molecule has 2 aromatic carbocycles. The van der Waals surface area contributed by atoms with Crippen molar-refractivity contribution in [1.82, 2.24) is 24.8 Å². The van der Waals surface area contributed by atoms with Gasteiger partial charge in [-0.2, -0.15) is 9.61 Å². The zero-order chi connectivity index (χ0) is 18.2. The monoisotopic (exact) mass is 351 g/mol. The van der Waals surface area contributed by atoms with Gasteiger partial charge in [-0.25, -0.2) is 0 Å². The van der Waals surface area contributed by atoms with Crippen molar-refractivity contribution in [3.05, 3.63) is 89.9 Å². The molecular formula is C22H17N5. The highest BCUT2D eigenvalue weighted by Crippen LogP contribution is 2.20. The molecule has 0 aliphatic carbocycles. The van der Waals surface area contributed by atoms with Gasteiger partial charge in [0.1, 0.15) is 0 Å². The van der Waals surface area contributed by atoms with E-state index in [-0.39, 0.29) is 0 Å². The van der Waals surface area contributed by atoms with Gasteiger partial charge in [-0.1, -0.05) is 35.9 Å². The number of hydrogen-bond donors (Lipinski definition) is 0. The number of pyridine rings is 1. The molecule has 0 atom stereocenters. The Morgan fingerprint density at radius 2 is 1.85 bits per heavy atom. The van der Waals surface area contributed by atoms with Crippen LogP contribution in [0.2, 0.25) is 0 Å². The van der Waals surface area contributed by atoms with E-state index in [2.05, 4.69) is 58.5 Å². The highest BCUT2D eigenvalue weighted by atomic mass is 15.4. The van der Waals surface area contributed by atoms with E-state index in [9.17, 15) is 0 Å². The van der Waals surface area contributed by atoms with Crippen LogP contribution in [0.25, 0.3) is 27.8 Å². The lowest BCUT2D eigenvalue weighted by Crippen LogP contribution is -2.01. The van der Waals surface area contributed by atoms with E-state index in [1.165, 1.54) is 5.56 Å². The molecule has 27 heavy (non-hydrogen) atoms. The van der Waals surface area contributed by atoms with Crippen molar-refractivity contribution in [2.75, 3.05) is 0 Å². The molecule has 130 valence electrons. The van der Waals surface area contributed by atoms with Crippen molar-refractivity contribution in [2.24, 2.45) is 0 Å². The summed E-state index contributed by atoms with van der Waals surface area (Å²) in [6, 6.07) is 22.6. The molecule has 5 rings (SSSR count). The van der Waals surface area contributed by atoms with Crippen LogP contribution in [0.15, 0.2) is 72.9 Å². The normalized spacial score (nSPS) is 11.3. The number of fused-ring (bicyclic) bond motifs is 2. The maximum absolute atomic E-state index is 4.78. The van der Waals surface area contributed by atoms with Crippen LogP contribution >= 0.6 is 0 Å². The zero-order valence-corrected chi connectivity index (χ0v) is 14.9. The molecule has 0 aliphatic rings. The molecule has 0 aliphatic heterocycles. The Hall–Kier alpha value is -3.60. The first-order valence-corrected chi connectivity index (χ1v) is 8.88. The van der Waals surface area contributed by atoms with E-state index in [0.29, 0.717) is 6.42 Å². The van der Waals surface area contributed by atoms with Gasteiger partial charge in [-0.15, -0.1) is 10.2 Å². The van der Waals surface area contributed by atoms with E-state index in [1.807, 2.05) is 41.0 Å². The Kier molecular flexibility index (Phi) is 3.64.